The van der Waals surface area contributed by atoms with Crippen LogP contribution in [0.1, 0.15) is 44.9 Å². The smallest absolute Gasteiger partial charge is 0.159 e. The lowest BCUT2D eigenvalue weighted by Gasteiger charge is -2.29. The second kappa shape index (κ2) is 9.52. The van der Waals surface area contributed by atoms with Crippen molar-refractivity contribution in [1.29, 1.82) is 0 Å². The highest BCUT2D eigenvalue weighted by Gasteiger charge is 2.21. The molecule has 5 rings (SSSR count). The van der Waals surface area contributed by atoms with Crippen molar-refractivity contribution in [3.05, 3.63) is 59.7 Å². The van der Waals surface area contributed by atoms with E-state index >= 15 is 4.39 Å². The van der Waals surface area contributed by atoms with Gasteiger partial charge in [0.1, 0.15) is 17.0 Å². The predicted octanol–water partition coefficient (Wildman–Crippen LogP) is 5.28. The van der Waals surface area contributed by atoms with Gasteiger partial charge in [0.05, 0.1) is 17.5 Å². The summed E-state index contributed by atoms with van der Waals surface area (Å²) in [5.41, 5.74) is 4.37. The number of fused-ring (bicyclic) bond motifs is 1. The fraction of sp³-hybridized carbons (Fsp3) is 0.357. The largest absolute Gasteiger partial charge is 0.508 e. The number of phenols is 1. The van der Waals surface area contributed by atoms with Crippen molar-refractivity contribution >= 4 is 16.5 Å². The highest BCUT2D eigenvalue weighted by molar-refractivity contribution is 5.95. The summed E-state index contributed by atoms with van der Waals surface area (Å²) >= 11 is 0. The second-order valence-electron chi connectivity index (χ2n) is 10.1. The number of benzene rings is 2. The molecule has 0 bridgehead atoms. The number of rotatable bonds is 7. The van der Waals surface area contributed by atoms with E-state index in [4.69, 9.17) is 0 Å². The number of aliphatic hydroxyl groups is 1. The number of phenolic OH excluding ortho intramolecular Hbond substituents is 1. The summed E-state index contributed by atoms with van der Waals surface area (Å²) in [6.07, 6.45) is 6.35. The molecule has 7 nitrogen and oxygen atoms in total. The van der Waals surface area contributed by atoms with Crippen molar-refractivity contribution in [3.63, 3.8) is 0 Å². The Kier molecular flexibility index (Phi) is 6.40. The fourth-order valence-electron chi connectivity index (χ4n) is 4.81. The number of hydrogen-bond acceptors (Lipinski definition) is 5. The van der Waals surface area contributed by atoms with Gasteiger partial charge in [0, 0.05) is 30.6 Å². The minimum Gasteiger partial charge on any atom is -0.508 e. The van der Waals surface area contributed by atoms with Crippen LogP contribution in [0.15, 0.2) is 42.6 Å². The van der Waals surface area contributed by atoms with Crippen LogP contribution in [0.5, 0.6) is 5.75 Å². The van der Waals surface area contributed by atoms with Crippen molar-refractivity contribution in [3.8, 4) is 28.4 Å². The molecular formula is C28H32FN5O2. The van der Waals surface area contributed by atoms with Gasteiger partial charge < -0.3 is 15.2 Å². The van der Waals surface area contributed by atoms with E-state index in [1.807, 2.05) is 33.0 Å². The lowest BCUT2D eigenvalue weighted by atomic mass is 9.96. The third kappa shape index (κ3) is 4.79. The average molecular weight is 490 g/mol. The van der Waals surface area contributed by atoms with Gasteiger partial charge in [-0.2, -0.15) is 5.10 Å². The van der Waals surface area contributed by atoms with Gasteiger partial charge in [0.2, 0.25) is 0 Å². The first-order valence-electron chi connectivity index (χ1n) is 12.4. The number of halogens is 1. The maximum Gasteiger partial charge on any atom is 0.159 e. The van der Waals surface area contributed by atoms with Crippen molar-refractivity contribution in [2.45, 2.75) is 45.6 Å². The van der Waals surface area contributed by atoms with E-state index < -0.39 is 11.4 Å². The maximum absolute atomic E-state index is 15.6. The van der Waals surface area contributed by atoms with E-state index in [1.54, 1.807) is 24.3 Å². The Balaban J connectivity index is 1.42. The average Bonchev–Trinajstić information content (AvgIpc) is 3.51. The summed E-state index contributed by atoms with van der Waals surface area (Å²) < 4.78 is 15.6. The van der Waals surface area contributed by atoms with Crippen LogP contribution in [0, 0.1) is 5.82 Å². The molecule has 0 fully saturated rings. The minimum absolute atomic E-state index is 0.168. The lowest BCUT2D eigenvalue weighted by molar-refractivity contribution is 0.0591. The van der Waals surface area contributed by atoms with Gasteiger partial charge in [0.25, 0.3) is 0 Å². The SMILES string of the molecule is CCc1cc(O)ccc1-c1ccc2c(-c3ncc(C4=CCCN(CCC(C)(C)O)C4)[nH]3)[nH]nc2c1F. The molecular weight excluding hydrogens is 457 g/mol. The molecule has 0 aliphatic carbocycles. The van der Waals surface area contributed by atoms with E-state index in [0.29, 0.717) is 35.3 Å². The van der Waals surface area contributed by atoms with Crippen LogP contribution >= 0.6 is 0 Å². The number of imidazole rings is 1. The molecule has 1 aliphatic heterocycles. The summed E-state index contributed by atoms with van der Waals surface area (Å²) in [6.45, 7) is 8.23. The summed E-state index contributed by atoms with van der Waals surface area (Å²) in [6, 6.07) is 8.61. The second-order valence-corrected chi connectivity index (χ2v) is 10.1. The molecule has 1 aliphatic rings. The monoisotopic (exact) mass is 489 g/mol. The highest BCUT2D eigenvalue weighted by atomic mass is 19.1. The predicted molar refractivity (Wildman–Crippen MR) is 140 cm³/mol. The Bertz CT molecular complexity index is 1430. The van der Waals surface area contributed by atoms with Gasteiger partial charge in [-0.3, -0.25) is 10.00 Å². The molecule has 8 heteroatoms. The molecule has 3 heterocycles. The van der Waals surface area contributed by atoms with Gasteiger partial charge in [-0.1, -0.05) is 25.1 Å². The van der Waals surface area contributed by atoms with Gasteiger partial charge in [-0.05, 0) is 68.0 Å². The molecule has 0 atom stereocenters. The van der Waals surface area contributed by atoms with Crippen LogP contribution in [-0.2, 0) is 6.42 Å². The van der Waals surface area contributed by atoms with Crippen LogP contribution in [-0.4, -0.2) is 60.5 Å². The van der Waals surface area contributed by atoms with Crippen molar-refractivity contribution in [1.82, 2.24) is 25.1 Å². The summed E-state index contributed by atoms with van der Waals surface area (Å²) in [5.74, 6) is 0.369. The van der Waals surface area contributed by atoms with Gasteiger partial charge in [-0.15, -0.1) is 0 Å². The van der Waals surface area contributed by atoms with Crippen LogP contribution in [0.2, 0.25) is 0 Å². The van der Waals surface area contributed by atoms with E-state index in [9.17, 15) is 10.2 Å². The number of nitrogens with one attached hydrogen (secondary N) is 2. The molecule has 4 N–H and O–H groups in total. The van der Waals surface area contributed by atoms with E-state index in [-0.39, 0.29) is 11.3 Å². The maximum atomic E-state index is 15.6. The first kappa shape index (κ1) is 24.2. The van der Waals surface area contributed by atoms with Gasteiger partial charge >= 0.3 is 0 Å². The van der Waals surface area contributed by atoms with E-state index in [1.165, 1.54) is 0 Å². The first-order chi connectivity index (χ1) is 17.2. The number of nitrogens with zero attached hydrogens (tertiary/aromatic N) is 3. The molecule has 2 aromatic carbocycles. The highest BCUT2D eigenvalue weighted by Crippen LogP contribution is 2.35. The number of aromatic amines is 2. The lowest BCUT2D eigenvalue weighted by Crippen LogP contribution is -2.34. The number of hydrogen-bond donors (Lipinski definition) is 4. The number of aryl methyl sites for hydroxylation is 1. The summed E-state index contributed by atoms with van der Waals surface area (Å²) in [4.78, 5) is 10.3. The quantitative estimate of drug-likeness (QED) is 0.283. The van der Waals surface area contributed by atoms with Crippen LogP contribution < -0.4 is 0 Å². The zero-order valence-corrected chi connectivity index (χ0v) is 20.9. The van der Waals surface area contributed by atoms with Crippen molar-refractivity contribution in [2.24, 2.45) is 0 Å². The zero-order valence-electron chi connectivity index (χ0n) is 20.9. The molecule has 0 radical (unpaired) electrons. The number of aromatic hydroxyl groups is 1. The Hall–Kier alpha value is -3.49. The third-order valence-electron chi connectivity index (χ3n) is 6.85. The Morgan fingerprint density at radius 3 is 2.75 bits per heavy atom. The molecule has 2 aromatic heterocycles. The Labute approximate surface area is 209 Å². The van der Waals surface area contributed by atoms with Gasteiger partial charge in [0.15, 0.2) is 11.6 Å². The van der Waals surface area contributed by atoms with Crippen LogP contribution in [0.4, 0.5) is 4.39 Å². The molecule has 188 valence electrons. The van der Waals surface area contributed by atoms with Gasteiger partial charge in [-0.25, -0.2) is 9.37 Å². The van der Waals surface area contributed by atoms with E-state index in [0.717, 1.165) is 48.4 Å². The Morgan fingerprint density at radius 1 is 1.17 bits per heavy atom. The normalized spacial score (nSPS) is 15.0. The zero-order chi connectivity index (χ0) is 25.4. The van der Waals surface area contributed by atoms with Crippen molar-refractivity contribution in [2.75, 3.05) is 19.6 Å². The van der Waals surface area contributed by atoms with Crippen LogP contribution in [0.3, 0.4) is 0 Å². The van der Waals surface area contributed by atoms with Crippen molar-refractivity contribution < 1.29 is 14.6 Å². The molecule has 4 aromatic rings. The first-order valence-corrected chi connectivity index (χ1v) is 12.4. The van der Waals surface area contributed by atoms with E-state index in [2.05, 4.69) is 31.1 Å². The molecule has 36 heavy (non-hydrogen) atoms. The topological polar surface area (TPSA) is 101 Å². The minimum atomic E-state index is -0.681. The standard InChI is InChI=1S/C28H32FN5O2/c1-4-17-14-19(35)7-8-20(17)21-9-10-22-25(24(21)29)32-33-26(22)27-30-15-23(31-27)18-6-5-12-34(16-18)13-11-28(2,3)36/h6-10,14-15,35-36H,4-5,11-13,16H2,1-3H3,(H,30,31)(H,32,33). The molecule has 0 saturated carbocycles. The molecule has 0 amide bonds. The fourth-order valence-corrected chi connectivity index (χ4v) is 4.81. The van der Waals surface area contributed by atoms with Crippen LogP contribution in [0.25, 0.3) is 39.1 Å². The summed E-state index contributed by atoms with van der Waals surface area (Å²) in [7, 11) is 0. The molecule has 0 unspecified atom stereocenters. The number of H-pyrrole nitrogens is 2. The Morgan fingerprint density at radius 2 is 1.97 bits per heavy atom. The molecule has 0 saturated heterocycles. The third-order valence-corrected chi connectivity index (χ3v) is 6.85. The molecule has 0 spiro atoms. The summed E-state index contributed by atoms with van der Waals surface area (Å²) in [5, 5.41) is 27.8. The number of aromatic nitrogens is 4.